The van der Waals surface area contributed by atoms with Gasteiger partial charge in [0.1, 0.15) is 19.0 Å². The summed E-state index contributed by atoms with van der Waals surface area (Å²) in [7, 11) is 0. The van der Waals surface area contributed by atoms with E-state index >= 15 is 0 Å². The van der Waals surface area contributed by atoms with Gasteiger partial charge in [-0.1, -0.05) is 0 Å². The molecule has 0 aliphatic carbocycles. The second-order valence-electron chi connectivity index (χ2n) is 5.55. The van der Waals surface area contributed by atoms with Crippen molar-refractivity contribution in [3.8, 4) is 17.2 Å². The van der Waals surface area contributed by atoms with Crippen molar-refractivity contribution in [2.75, 3.05) is 25.1 Å². The minimum absolute atomic E-state index is 0.0262. The first-order valence-corrected chi connectivity index (χ1v) is 8.02. The number of alkyl halides is 3. The van der Waals surface area contributed by atoms with Gasteiger partial charge in [0, 0.05) is 11.8 Å². The predicted molar refractivity (Wildman–Crippen MR) is 89.5 cm³/mol. The number of carbonyl (C=O) groups is 2. The van der Waals surface area contributed by atoms with Crippen LogP contribution in [0.4, 0.5) is 18.9 Å². The van der Waals surface area contributed by atoms with Crippen LogP contribution < -0.4 is 19.5 Å². The fourth-order valence-electron chi connectivity index (χ4n) is 2.33. The van der Waals surface area contributed by atoms with Crippen molar-refractivity contribution in [3.05, 3.63) is 48.0 Å². The van der Waals surface area contributed by atoms with E-state index in [-0.39, 0.29) is 5.56 Å². The molecule has 0 saturated carbocycles. The Kier molecular flexibility index (Phi) is 5.57. The lowest BCUT2D eigenvalue weighted by molar-refractivity contribution is -0.274. The Morgan fingerprint density at radius 3 is 2.36 bits per heavy atom. The van der Waals surface area contributed by atoms with Gasteiger partial charge in [-0.05, 0) is 36.4 Å². The average Bonchev–Trinajstić information content (AvgIpc) is 2.65. The zero-order valence-corrected chi connectivity index (χ0v) is 14.2. The molecule has 1 heterocycles. The molecule has 10 heteroatoms. The van der Waals surface area contributed by atoms with Crippen LogP contribution in [0.15, 0.2) is 42.5 Å². The Bertz CT molecular complexity index is 867. The van der Waals surface area contributed by atoms with Gasteiger partial charge in [0.25, 0.3) is 5.91 Å². The van der Waals surface area contributed by atoms with Crippen molar-refractivity contribution in [3.63, 3.8) is 0 Å². The number of fused-ring (bicyclic) bond motifs is 1. The number of hydrogen-bond donors (Lipinski definition) is 1. The molecular weight excluding hydrogens is 383 g/mol. The summed E-state index contributed by atoms with van der Waals surface area (Å²) in [5, 5.41) is 2.54. The molecule has 148 valence electrons. The number of esters is 1. The number of hydrogen-bond acceptors (Lipinski definition) is 6. The van der Waals surface area contributed by atoms with Gasteiger partial charge < -0.3 is 24.3 Å². The average molecular weight is 397 g/mol. The molecular formula is C18H14F3NO6. The molecule has 0 fully saturated rings. The molecule has 1 aliphatic rings. The topological polar surface area (TPSA) is 83.1 Å². The highest BCUT2D eigenvalue weighted by Gasteiger charge is 2.31. The van der Waals surface area contributed by atoms with E-state index in [1.807, 2.05) is 0 Å². The van der Waals surface area contributed by atoms with Crippen molar-refractivity contribution in [2.45, 2.75) is 6.36 Å². The van der Waals surface area contributed by atoms with Crippen molar-refractivity contribution in [1.82, 2.24) is 0 Å². The lowest BCUT2D eigenvalue weighted by Crippen LogP contribution is -2.21. The Balaban J connectivity index is 1.51. The van der Waals surface area contributed by atoms with Crippen LogP contribution in [0, 0.1) is 0 Å². The highest BCUT2D eigenvalue weighted by molar-refractivity contribution is 5.95. The van der Waals surface area contributed by atoms with Crippen molar-refractivity contribution < 1.29 is 41.7 Å². The largest absolute Gasteiger partial charge is 0.573 e. The van der Waals surface area contributed by atoms with Gasteiger partial charge in [0.05, 0.1) is 5.56 Å². The second kappa shape index (κ2) is 8.07. The number of rotatable bonds is 5. The molecule has 1 N–H and O–H groups in total. The highest BCUT2D eigenvalue weighted by atomic mass is 19.4. The van der Waals surface area contributed by atoms with Gasteiger partial charge in [0.15, 0.2) is 18.1 Å². The van der Waals surface area contributed by atoms with Crippen LogP contribution >= 0.6 is 0 Å². The van der Waals surface area contributed by atoms with E-state index in [9.17, 15) is 22.8 Å². The summed E-state index contributed by atoms with van der Waals surface area (Å²) < 4.78 is 55.6. The molecule has 2 aromatic rings. The Hall–Kier alpha value is -3.43. The molecule has 0 bridgehead atoms. The van der Waals surface area contributed by atoms with Gasteiger partial charge in [-0.15, -0.1) is 13.2 Å². The number of nitrogens with one attached hydrogen (secondary N) is 1. The molecule has 2 aromatic carbocycles. The van der Waals surface area contributed by atoms with Crippen LogP contribution in [0.1, 0.15) is 10.4 Å². The van der Waals surface area contributed by atoms with E-state index < -0.39 is 30.6 Å². The van der Waals surface area contributed by atoms with Crippen LogP contribution in [-0.2, 0) is 9.53 Å². The summed E-state index contributed by atoms with van der Waals surface area (Å²) in [6.07, 6.45) is -4.83. The fourth-order valence-corrected chi connectivity index (χ4v) is 2.33. The third-order valence-corrected chi connectivity index (χ3v) is 3.48. The molecule has 7 nitrogen and oxygen atoms in total. The highest BCUT2D eigenvalue weighted by Crippen LogP contribution is 2.32. The number of carbonyl (C=O) groups excluding carboxylic acids is 2. The standard InChI is InChI=1S/C18H14F3NO6/c19-18(20,21)28-13-4-1-11(2-5-13)17(24)27-10-16(23)22-12-3-6-14-15(9-12)26-8-7-25-14/h1-6,9H,7-8,10H2,(H,22,23). The Morgan fingerprint density at radius 1 is 1.00 bits per heavy atom. The van der Waals surface area contributed by atoms with Crippen LogP contribution in [0.3, 0.4) is 0 Å². The van der Waals surface area contributed by atoms with E-state index in [0.29, 0.717) is 30.4 Å². The molecule has 0 atom stereocenters. The third kappa shape index (κ3) is 5.29. The maximum atomic E-state index is 12.1. The number of amides is 1. The monoisotopic (exact) mass is 397 g/mol. The number of anilines is 1. The number of halogens is 3. The maximum absolute atomic E-state index is 12.1. The number of benzene rings is 2. The summed E-state index contributed by atoms with van der Waals surface area (Å²) in [5.74, 6) is -0.880. The normalized spacial score (nSPS) is 12.8. The van der Waals surface area contributed by atoms with Crippen molar-refractivity contribution in [1.29, 1.82) is 0 Å². The van der Waals surface area contributed by atoms with E-state index in [2.05, 4.69) is 10.1 Å². The van der Waals surface area contributed by atoms with E-state index in [1.165, 1.54) is 0 Å². The zero-order valence-electron chi connectivity index (χ0n) is 14.2. The quantitative estimate of drug-likeness (QED) is 0.781. The summed E-state index contributed by atoms with van der Waals surface area (Å²) in [5.41, 5.74) is 0.403. The van der Waals surface area contributed by atoms with Crippen LogP contribution in [0.25, 0.3) is 0 Å². The Labute approximate surface area is 156 Å². The first kappa shape index (κ1) is 19.3. The summed E-state index contributed by atoms with van der Waals surface area (Å²) in [6.45, 7) is 0.265. The van der Waals surface area contributed by atoms with Crippen LogP contribution in [0.5, 0.6) is 17.2 Å². The van der Waals surface area contributed by atoms with Gasteiger partial charge in [-0.25, -0.2) is 4.79 Å². The van der Waals surface area contributed by atoms with E-state index in [0.717, 1.165) is 24.3 Å². The van der Waals surface area contributed by atoms with Gasteiger partial charge in [0.2, 0.25) is 0 Å². The molecule has 0 aromatic heterocycles. The SMILES string of the molecule is O=C(COC(=O)c1ccc(OC(F)(F)F)cc1)Nc1ccc2c(c1)OCCO2. The van der Waals surface area contributed by atoms with Crippen LogP contribution in [0.2, 0.25) is 0 Å². The smallest absolute Gasteiger partial charge is 0.486 e. The molecule has 28 heavy (non-hydrogen) atoms. The molecule has 0 radical (unpaired) electrons. The molecule has 0 unspecified atom stereocenters. The fraction of sp³-hybridized carbons (Fsp3) is 0.222. The predicted octanol–water partition coefficient (Wildman–Crippen LogP) is 3.15. The summed E-state index contributed by atoms with van der Waals surface area (Å²) in [4.78, 5) is 23.8. The summed E-state index contributed by atoms with van der Waals surface area (Å²) in [6, 6.07) is 8.96. The molecule has 1 amide bonds. The molecule has 3 rings (SSSR count). The third-order valence-electron chi connectivity index (χ3n) is 3.48. The first-order valence-electron chi connectivity index (χ1n) is 8.02. The van der Waals surface area contributed by atoms with Crippen molar-refractivity contribution in [2.24, 2.45) is 0 Å². The van der Waals surface area contributed by atoms with E-state index in [1.54, 1.807) is 18.2 Å². The van der Waals surface area contributed by atoms with Gasteiger partial charge >= 0.3 is 12.3 Å². The first-order chi connectivity index (χ1) is 13.3. The minimum atomic E-state index is -4.83. The minimum Gasteiger partial charge on any atom is -0.486 e. The van der Waals surface area contributed by atoms with Gasteiger partial charge in [-0.3, -0.25) is 4.79 Å². The number of ether oxygens (including phenoxy) is 4. The van der Waals surface area contributed by atoms with Gasteiger partial charge in [-0.2, -0.15) is 0 Å². The lowest BCUT2D eigenvalue weighted by Gasteiger charge is -2.19. The summed E-state index contributed by atoms with van der Waals surface area (Å²) >= 11 is 0. The Morgan fingerprint density at radius 2 is 1.68 bits per heavy atom. The molecule has 0 saturated heterocycles. The van der Waals surface area contributed by atoms with E-state index in [4.69, 9.17) is 14.2 Å². The molecule has 0 spiro atoms. The van der Waals surface area contributed by atoms with Crippen molar-refractivity contribution >= 4 is 17.6 Å². The maximum Gasteiger partial charge on any atom is 0.573 e. The lowest BCUT2D eigenvalue weighted by atomic mass is 10.2. The second-order valence-corrected chi connectivity index (χ2v) is 5.55. The van der Waals surface area contributed by atoms with Crippen LogP contribution in [-0.4, -0.2) is 38.1 Å². The molecule has 1 aliphatic heterocycles. The zero-order chi connectivity index (χ0) is 20.1.